The molecule has 1 aliphatic rings. The first-order valence-corrected chi connectivity index (χ1v) is 11.6. The minimum atomic E-state index is -1.14. The molecule has 174 valence electrons. The van der Waals surface area contributed by atoms with Gasteiger partial charge in [-0.05, 0) is 29.5 Å². The molecule has 4 amide bonds. The van der Waals surface area contributed by atoms with Crippen LogP contribution in [0.1, 0.15) is 42.5 Å². The van der Waals surface area contributed by atoms with Crippen LogP contribution in [-0.4, -0.2) is 29.3 Å². The molecule has 6 heteroatoms. The number of hydrogen-bond donors (Lipinski definition) is 2. The zero-order chi connectivity index (χ0) is 24.0. The molecule has 1 saturated heterocycles. The van der Waals surface area contributed by atoms with Crippen LogP contribution in [0.4, 0.5) is 4.79 Å². The third-order valence-corrected chi connectivity index (χ3v) is 6.19. The Labute approximate surface area is 200 Å². The summed E-state index contributed by atoms with van der Waals surface area (Å²) in [5.74, 6) is -0.770. The molecule has 0 saturated carbocycles. The molecule has 2 N–H and O–H groups in total. The molecule has 0 radical (unpaired) electrons. The Bertz CT molecular complexity index is 1140. The molecule has 0 bridgehead atoms. The monoisotopic (exact) mass is 455 g/mol. The van der Waals surface area contributed by atoms with Gasteiger partial charge < -0.3 is 10.6 Å². The van der Waals surface area contributed by atoms with E-state index in [0.29, 0.717) is 19.3 Å². The average Bonchev–Trinajstić information content (AvgIpc) is 3.10. The molecule has 2 atom stereocenters. The van der Waals surface area contributed by atoms with E-state index in [0.717, 1.165) is 21.6 Å². The smallest absolute Gasteiger partial charge is 0.325 e. The lowest BCUT2D eigenvalue weighted by atomic mass is 9.85. The lowest BCUT2D eigenvalue weighted by molar-refractivity contribution is -0.135. The topological polar surface area (TPSA) is 78.5 Å². The molecule has 1 aliphatic heterocycles. The van der Waals surface area contributed by atoms with Gasteiger partial charge in [0.1, 0.15) is 12.1 Å². The Balaban J connectivity index is 1.52. The van der Waals surface area contributed by atoms with Gasteiger partial charge in [-0.1, -0.05) is 104 Å². The highest BCUT2D eigenvalue weighted by Crippen LogP contribution is 2.33. The Morgan fingerprint density at radius 1 is 0.912 bits per heavy atom. The standard InChI is InChI=1S/C28H29N3O3/c1-2-18-28(23-16-10-5-11-17-23)26(33)31(27(34)30-28)20-25(32)29-24(22-14-8-4-9-15-22)19-21-12-6-3-7-13-21/h3-17,24H,2,18-20H2,1H3,(H,29,32)(H,30,34)/t24-,28-/m0/s1. The van der Waals surface area contributed by atoms with Crippen LogP contribution in [0.3, 0.4) is 0 Å². The quantitative estimate of drug-likeness (QED) is 0.471. The van der Waals surface area contributed by atoms with Gasteiger partial charge in [0.2, 0.25) is 5.91 Å². The lowest BCUT2D eigenvalue weighted by Gasteiger charge is -2.27. The number of carbonyl (C=O) groups excluding carboxylic acids is 3. The average molecular weight is 456 g/mol. The van der Waals surface area contributed by atoms with Crippen molar-refractivity contribution in [1.29, 1.82) is 0 Å². The van der Waals surface area contributed by atoms with Crippen molar-refractivity contribution in [2.24, 2.45) is 0 Å². The molecule has 3 aromatic carbocycles. The van der Waals surface area contributed by atoms with Gasteiger partial charge in [0, 0.05) is 0 Å². The molecule has 0 aliphatic carbocycles. The summed E-state index contributed by atoms with van der Waals surface area (Å²) >= 11 is 0. The summed E-state index contributed by atoms with van der Waals surface area (Å²) in [5.41, 5.74) is 1.62. The number of urea groups is 1. The second-order valence-electron chi connectivity index (χ2n) is 8.56. The number of benzene rings is 3. The number of rotatable bonds is 9. The fourth-order valence-electron chi connectivity index (χ4n) is 4.55. The van der Waals surface area contributed by atoms with Gasteiger partial charge in [0.05, 0.1) is 6.04 Å². The number of carbonyl (C=O) groups is 3. The second kappa shape index (κ2) is 10.3. The van der Waals surface area contributed by atoms with E-state index < -0.39 is 11.6 Å². The number of amides is 4. The molecule has 1 fully saturated rings. The summed E-state index contributed by atoms with van der Waals surface area (Å²) in [7, 11) is 0. The van der Waals surface area contributed by atoms with E-state index in [9.17, 15) is 14.4 Å². The van der Waals surface area contributed by atoms with Crippen LogP contribution in [0.2, 0.25) is 0 Å². The molecule has 34 heavy (non-hydrogen) atoms. The summed E-state index contributed by atoms with van der Waals surface area (Å²) in [6.07, 6.45) is 1.76. The minimum absolute atomic E-state index is 0.286. The maximum atomic E-state index is 13.5. The van der Waals surface area contributed by atoms with E-state index in [-0.39, 0.29) is 24.4 Å². The summed E-state index contributed by atoms with van der Waals surface area (Å²) in [5, 5.41) is 5.91. The van der Waals surface area contributed by atoms with Gasteiger partial charge in [-0.15, -0.1) is 0 Å². The fraction of sp³-hybridized carbons (Fsp3) is 0.250. The van der Waals surface area contributed by atoms with E-state index in [1.807, 2.05) is 97.9 Å². The van der Waals surface area contributed by atoms with Crippen molar-refractivity contribution in [3.8, 4) is 0 Å². The van der Waals surface area contributed by atoms with Crippen LogP contribution < -0.4 is 10.6 Å². The molecular formula is C28H29N3O3. The van der Waals surface area contributed by atoms with Gasteiger partial charge in [-0.2, -0.15) is 0 Å². The van der Waals surface area contributed by atoms with Crippen LogP contribution in [0.25, 0.3) is 0 Å². The van der Waals surface area contributed by atoms with Crippen LogP contribution in [0.5, 0.6) is 0 Å². The highest BCUT2D eigenvalue weighted by atomic mass is 16.2. The predicted octanol–water partition coefficient (Wildman–Crippen LogP) is 4.33. The maximum Gasteiger partial charge on any atom is 0.325 e. The zero-order valence-corrected chi connectivity index (χ0v) is 19.2. The first kappa shape index (κ1) is 23.2. The summed E-state index contributed by atoms with van der Waals surface area (Å²) in [4.78, 5) is 40.4. The SMILES string of the molecule is CCC[C@@]1(c2ccccc2)NC(=O)N(CC(=O)N[C@@H](Cc2ccccc2)c2ccccc2)C1=O. The number of nitrogens with zero attached hydrogens (tertiary/aromatic N) is 1. The van der Waals surface area contributed by atoms with Gasteiger partial charge in [-0.25, -0.2) is 4.79 Å². The Hall–Kier alpha value is -3.93. The zero-order valence-electron chi connectivity index (χ0n) is 19.2. The lowest BCUT2D eigenvalue weighted by Crippen LogP contribution is -2.45. The van der Waals surface area contributed by atoms with E-state index in [2.05, 4.69) is 10.6 Å². The van der Waals surface area contributed by atoms with Crippen molar-refractivity contribution >= 4 is 17.8 Å². The first-order chi connectivity index (χ1) is 16.5. The van der Waals surface area contributed by atoms with Crippen LogP contribution in [0.15, 0.2) is 91.0 Å². The predicted molar refractivity (Wildman–Crippen MR) is 131 cm³/mol. The minimum Gasteiger partial charge on any atom is -0.347 e. The highest BCUT2D eigenvalue weighted by molar-refractivity contribution is 6.09. The van der Waals surface area contributed by atoms with Crippen molar-refractivity contribution in [2.75, 3.05) is 6.54 Å². The molecule has 4 rings (SSSR count). The van der Waals surface area contributed by atoms with Gasteiger partial charge in [0.25, 0.3) is 5.91 Å². The Morgan fingerprint density at radius 3 is 2.12 bits per heavy atom. The number of hydrogen-bond acceptors (Lipinski definition) is 3. The van der Waals surface area contributed by atoms with E-state index >= 15 is 0 Å². The van der Waals surface area contributed by atoms with Crippen molar-refractivity contribution in [1.82, 2.24) is 15.5 Å². The fourth-order valence-corrected chi connectivity index (χ4v) is 4.55. The van der Waals surface area contributed by atoms with Gasteiger partial charge >= 0.3 is 6.03 Å². The van der Waals surface area contributed by atoms with Crippen molar-refractivity contribution in [3.63, 3.8) is 0 Å². The second-order valence-corrected chi connectivity index (χ2v) is 8.56. The highest BCUT2D eigenvalue weighted by Gasteiger charge is 2.52. The number of nitrogens with one attached hydrogen (secondary N) is 2. The van der Waals surface area contributed by atoms with Crippen molar-refractivity contribution in [2.45, 2.75) is 37.8 Å². The van der Waals surface area contributed by atoms with Crippen LogP contribution in [-0.2, 0) is 21.5 Å². The van der Waals surface area contributed by atoms with Crippen LogP contribution >= 0.6 is 0 Å². The molecule has 1 heterocycles. The normalized spacial score (nSPS) is 18.4. The molecule has 0 aromatic heterocycles. The van der Waals surface area contributed by atoms with Crippen LogP contribution in [0, 0.1) is 0 Å². The van der Waals surface area contributed by atoms with E-state index in [1.165, 1.54) is 0 Å². The molecule has 0 spiro atoms. The third kappa shape index (κ3) is 4.86. The van der Waals surface area contributed by atoms with Crippen molar-refractivity contribution < 1.29 is 14.4 Å². The Morgan fingerprint density at radius 2 is 1.50 bits per heavy atom. The van der Waals surface area contributed by atoms with E-state index in [4.69, 9.17) is 0 Å². The summed E-state index contributed by atoms with van der Waals surface area (Å²) in [6, 6.07) is 28.0. The third-order valence-electron chi connectivity index (χ3n) is 6.19. The Kier molecular flexibility index (Phi) is 7.07. The maximum absolute atomic E-state index is 13.5. The molecular weight excluding hydrogens is 426 g/mol. The first-order valence-electron chi connectivity index (χ1n) is 11.6. The van der Waals surface area contributed by atoms with E-state index in [1.54, 1.807) is 0 Å². The molecule has 3 aromatic rings. The summed E-state index contributed by atoms with van der Waals surface area (Å²) < 4.78 is 0. The summed E-state index contributed by atoms with van der Waals surface area (Å²) in [6.45, 7) is 1.63. The van der Waals surface area contributed by atoms with Gasteiger partial charge in [-0.3, -0.25) is 14.5 Å². The van der Waals surface area contributed by atoms with Crippen molar-refractivity contribution in [3.05, 3.63) is 108 Å². The largest absolute Gasteiger partial charge is 0.347 e. The molecule has 0 unspecified atom stereocenters. The van der Waals surface area contributed by atoms with Gasteiger partial charge in [0.15, 0.2) is 0 Å². The number of imide groups is 1. The molecule has 6 nitrogen and oxygen atoms in total.